The van der Waals surface area contributed by atoms with Crippen molar-refractivity contribution in [3.8, 4) is 0 Å². The minimum atomic E-state index is -1.64. The van der Waals surface area contributed by atoms with Crippen LogP contribution in [0.2, 0.25) is 0 Å². The maximum absolute atomic E-state index is 13.4. The molecule has 0 spiro atoms. The summed E-state index contributed by atoms with van der Waals surface area (Å²) in [6.07, 6.45) is 63.6. The average Bonchev–Trinajstić information content (AvgIpc) is 3.51. The molecule has 1 heterocycles. The number of amides is 1. The predicted octanol–water partition coefficient (Wildman–Crippen LogP) is 16.1. The Labute approximate surface area is 489 Å². The fraction of sp³-hybridized carbons (Fsp3) is 0.768. The van der Waals surface area contributed by atoms with Crippen LogP contribution in [0, 0.1) is 0 Å². The van der Waals surface area contributed by atoms with Crippen LogP contribution in [0.5, 0.6) is 0 Å². The molecule has 1 aliphatic rings. The van der Waals surface area contributed by atoms with Crippen molar-refractivity contribution in [1.29, 1.82) is 0 Å². The summed E-state index contributed by atoms with van der Waals surface area (Å²) in [5.74, 6) is -1.27. The van der Waals surface area contributed by atoms with Gasteiger partial charge in [-0.15, -0.1) is 0 Å². The molecule has 11 heteroatoms. The lowest BCUT2D eigenvalue weighted by Crippen LogP contribution is -2.61. The molecule has 1 rings (SSSR count). The van der Waals surface area contributed by atoms with E-state index in [4.69, 9.17) is 14.2 Å². The van der Waals surface area contributed by atoms with Gasteiger partial charge in [-0.05, 0) is 89.9 Å². The molecule has 11 nitrogen and oxygen atoms in total. The Balaban J connectivity index is 2.62. The van der Waals surface area contributed by atoms with Crippen LogP contribution in [-0.2, 0) is 23.8 Å². The average molecular weight is 1120 g/mol. The zero-order valence-corrected chi connectivity index (χ0v) is 51.2. The standard InChI is InChI=1S/C69H121NO10/c1-4-7-10-13-16-19-22-25-26-27-28-29-30-31-32-33-34-35-36-37-39-41-44-47-50-53-56-62(73)68(77)70-60(61(72)55-52-49-46-43-40-24-21-18-15-12-9-6-3)59-78-69-67(66(76)65(75)63(58-71)79-69)80-64(74)57-54-51-48-45-42-38-23-20-17-14-11-8-5-2/h16,19,25-26,28-29,31-32,38,42,48,51-52,55,60-63,65-67,69,71-73,75-76H,4-15,17-18,20-24,27,30,33-37,39-41,43-47,49-50,53-54,56-59H2,1-3H3,(H,70,77)/b19-16-,26-25-,29-28-,32-31-,42-38-,51-48+,55-52+. The molecular formula is C69H121NO10. The summed E-state index contributed by atoms with van der Waals surface area (Å²) in [6, 6.07) is -1.04. The third-order valence-corrected chi connectivity index (χ3v) is 15.0. The number of nitrogens with one attached hydrogen (secondary N) is 1. The lowest BCUT2D eigenvalue weighted by Gasteiger charge is -2.41. The van der Waals surface area contributed by atoms with Gasteiger partial charge in [-0.1, -0.05) is 266 Å². The van der Waals surface area contributed by atoms with Crippen molar-refractivity contribution in [2.24, 2.45) is 0 Å². The smallest absolute Gasteiger partial charge is 0.306 e. The summed E-state index contributed by atoms with van der Waals surface area (Å²) in [5.41, 5.74) is 0. The van der Waals surface area contributed by atoms with Crippen molar-refractivity contribution in [2.45, 2.75) is 327 Å². The summed E-state index contributed by atoms with van der Waals surface area (Å²) in [6.45, 7) is 5.72. The Bertz CT molecular complexity index is 1620. The van der Waals surface area contributed by atoms with Crippen molar-refractivity contribution in [1.82, 2.24) is 5.32 Å². The largest absolute Gasteiger partial charge is 0.454 e. The van der Waals surface area contributed by atoms with Gasteiger partial charge in [0.05, 0.1) is 25.4 Å². The van der Waals surface area contributed by atoms with Crippen LogP contribution in [0.4, 0.5) is 0 Å². The molecule has 1 aliphatic heterocycles. The Kier molecular flexibility index (Phi) is 52.7. The highest BCUT2D eigenvalue weighted by molar-refractivity contribution is 5.80. The molecule has 0 aromatic heterocycles. The van der Waals surface area contributed by atoms with E-state index in [1.807, 2.05) is 18.2 Å². The van der Waals surface area contributed by atoms with Gasteiger partial charge in [0.2, 0.25) is 5.91 Å². The number of carbonyl (C=O) groups excluding carboxylic acids is 2. The van der Waals surface area contributed by atoms with E-state index in [1.165, 1.54) is 154 Å². The van der Waals surface area contributed by atoms with Gasteiger partial charge in [0.1, 0.15) is 24.4 Å². The maximum atomic E-state index is 13.4. The van der Waals surface area contributed by atoms with Gasteiger partial charge in [0.25, 0.3) is 0 Å². The van der Waals surface area contributed by atoms with Crippen LogP contribution in [0.1, 0.15) is 278 Å². The van der Waals surface area contributed by atoms with Crippen molar-refractivity contribution in [3.05, 3.63) is 85.1 Å². The second-order valence-electron chi connectivity index (χ2n) is 22.5. The Hall–Kier alpha value is -3.16. The second kappa shape index (κ2) is 56.3. The monoisotopic (exact) mass is 1120 g/mol. The van der Waals surface area contributed by atoms with Crippen LogP contribution >= 0.6 is 0 Å². The number of ether oxygens (including phenoxy) is 3. The Morgan fingerprint density at radius 1 is 0.487 bits per heavy atom. The van der Waals surface area contributed by atoms with Gasteiger partial charge in [0.15, 0.2) is 12.4 Å². The van der Waals surface area contributed by atoms with E-state index in [-0.39, 0.29) is 19.4 Å². The number of allylic oxidation sites excluding steroid dienone is 13. The predicted molar refractivity (Wildman–Crippen MR) is 333 cm³/mol. The highest BCUT2D eigenvalue weighted by atomic mass is 16.7. The maximum Gasteiger partial charge on any atom is 0.306 e. The van der Waals surface area contributed by atoms with Crippen LogP contribution in [0.3, 0.4) is 0 Å². The first kappa shape index (κ1) is 74.9. The fourth-order valence-corrected chi connectivity index (χ4v) is 9.81. The lowest BCUT2D eigenvalue weighted by molar-refractivity contribution is -0.305. The summed E-state index contributed by atoms with van der Waals surface area (Å²) in [5, 5.41) is 57.0. The van der Waals surface area contributed by atoms with Crippen LogP contribution in [-0.4, -0.2) is 99.6 Å². The van der Waals surface area contributed by atoms with Crippen LogP contribution < -0.4 is 5.32 Å². The number of aliphatic hydroxyl groups is 5. The van der Waals surface area contributed by atoms with Gasteiger partial charge in [-0.25, -0.2) is 0 Å². The zero-order chi connectivity index (χ0) is 58.2. The zero-order valence-electron chi connectivity index (χ0n) is 51.2. The van der Waals surface area contributed by atoms with Crippen LogP contribution in [0.15, 0.2) is 85.1 Å². The molecule has 0 bridgehead atoms. The normalized spacial score (nSPS) is 19.3. The first-order valence-electron chi connectivity index (χ1n) is 32.9. The van der Waals surface area contributed by atoms with Gasteiger partial charge in [-0.2, -0.15) is 0 Å². The van der Waals surface area contributed by atoms with E-state index in [0.29, 0.717) is 12.8 Å². The third kappa shape index (κ3) is 43.5. The van der Waals surface area contributed by atoms with Gasteiger partial charge in [0, 0.05) is 6.42 Å². The number of carbonyl (C=O) groups is 2. The molecule has 0 radical (unpaired) electrons. The molecule has 1 fully saturated rings. The van der Waals surface area contributed by atoms with E-state index < -0.39 is 67.4 Å². The molecule has 80 heavy (non-hydrogen) atoms. The molecule has 1 saturated heterocycles. The first-order valence-corrected chi connectivity index (χ1v) is 32.9. The number of aliphatic hydroxyl groups excluding tert-OH is 5. The minimum absolute atomic E-state index is 0.0151. The van der Waals surface area contributed by atoms with E-state index in [9.17, 15) is 35.1 Å². The fourth-order valence-electron chi connectivity index (χ4n) is 9.81. The van der Waals surface area contributed by atoms with Crippen molar-refractivity contribution < 1.29 is 49.3 Å². The summed E-state index contributed by atoms with van der Waals surface area (Å²) in [7, 11) is 0. The SMILES string of the molecule is CCCCC/C=C\C/C=C\C/C=C\C/C=C\CCCCCCCCCCCCC(O)C(=O)NC(COC1OC(CO)C(O)C(O)C1OC(=O)CC/C=C/C/C=C\CCCCCCCC)C(O)/C=C/CCCCCCCCCCCC. The molecule has 0 aliphatic carbocycles. The summed E-state index contributed by atoms with van der Waals surface area (Å²) in [4.78, 5) is 26.5. The number of rotatable bonds is 55. The minimum Gasteiger partial charge on any atom is -0.454 e. The first-order chi connectivity index (χ1) is 39.2. The highest BCUT2D eigenvalue weighted by Gasteiger charge is 2.47. The molecule has 1 amide bonds. The van der Waals surface area contributed by atoms with Gasteiger partial charge < -0.3 is 45.1 Å². The molecule has 0 saturated carbocycles. The highest BCUT2D eigenvalue weighted by Crippen LogP contribution is 2.26. The van der Waals surface area contributed by atoms with Crippen molar-refractivity contribution >= 4 is 11.9 Å². The summed E-state index contributed by atoms with van der Waals surface area (Å²) < 4.78 is 17.5. The van der Waals surface area contributed by atoms with Crippen molar-refractivity contribution in [2.75, 3.05) is 13.2 Å². The lowest BCUT2D eigenvalue weighted by atomic mass is 9.99. The molecule has 8 atom stereocenters. The molecule has 8 unspecified atom stereocenters. The number of esters is 1. The number of unbranched alkanes of at least 4 members (excludes halogenated alkanes) is 29. The quantitative estimate of drug-likeness (QED) is 0.0195. The van der Waals surface area contributed by atoms with E-state index >= 15 is 0 Å². The van der Waals surface area contributed by atoms with Crippen molar-refractivity contribution in [3.63, 3.8) is 0 Å². The topological polar surface area (TPSA) is 175 Å². The molecular weight excluding hydrogens is 1000 g/mol. The molecule has 6 N–H and O–H groups in total. The van der Waals surface area contributed by atoms with E-state index in [0.717, 1.165) is 77.0 Å². The number of hydrogen-bond donors (Lipinski definition) is 6. The Morgan fingerprint density at radius 2 is 0.863 bits per heavy atom. The third-order valence-electron chi connectivity index (χ3n) is 15.0. The second-order valence-corrected chi connectivity index (χ2v) is 22.5. The van der Waals surface area contributed by atoms with E-state index in [1.54, 1.807) is 6.08 Å². The molecule has 462 valence electrons. The molecule has 0 aromatic carbocycles. The Morgan fingerprint density at radius 3 is 1.31 bits per heavy atom. The van der Waals surface area contributed by atoms with Gasteiger partial charge in [-0.3, -0.25) is 9.59 Å². The number of hydrogen-bond acceptors (Lipinski definition) is 10. The van der Waals surface area contributed by atoms with Gasteiger partial charge >= 0.3 is 5.97 Å². The van der Waals surface area contributed by atoms with E-state index in [2.05, 4.69) is 86.8 Å². The summed E-state index contributed by atoms with van der Waals surface area (Å²) >= 11 is 0. The van der Waals surface area contributed by atoms with Crippen LogP contribution in [0.25, 0.3) is 0 Å². The molecule has 0 aromatic rings.